The van der Waals surface area contributed by atoms with E-state index in [0.29, 0.717) is 39.9 Å². The quantitative estimate of drug-likeness (QED) is 0.457. The van der Waals surface area contributed by atoms with E-state index in [1.807, 2.05) is 12.1 Å². The van der Waals surface area contributed by atoms with Gasteiger partial charge in [0.2, 0.25) is 0 Å². The monoisotopic (exact) mass is 470 g/mol. The maximum Gasteiger partial charge on any atom is 0.308 e. The number of amides is 1. The van der Waals surface area contributed by atoms with Crippen molar-refractivity contribution in [1.82, 2.24) is 9.97 Å². The molecule has 0 atom stereocenters. The normalized spacial score (nSPS) is 10.5. The minimum atomic E-state index is -1.03. The van der Waals surface area contributed by atoms with E-state index < -0.39 is 5.97 Å². The van der Waals surface area contributed by atoms with Gasteiger partial charge in [-0.05, 0) is 42.1 Å². The summed E-state index contributed by atoms with van der Waals surface area (Å²) >= 11 is 12.2. The van der Waals surface area contributed by atoms with Crippen LogP contribution in [-0.4, -0.2) is 34.0 Å². The molecule has 2 aromatic carbocycles. The number of benzene rings is 2. The number of nitrogens with zero attached hydrogens (tertiary/aromatic N) is 3. The summed E-state index contributed by atoms with van der Waals surface area (Å²) in [7, 11) is 1.71. The van der Waals surface area contributed by atoms with Crippen molar-refractivity contribution >= 4 is 46.6 Å². The average Bonchev–Trinajstić information content (AvgIpc) is 2.76. The lowest BCUT2D eigenvalue weighted by Crippen LogP contribution is -2.17. The molecule has 2 N–H and O–H groups in total. The third-order valence-electron chi connectivity index (χ3n) is 4.58. The molecule has 0 aliphatic heterocycles. The summed E-state index contributed by atoms with van der Waals surface area (Å²) < 4.78 is 0. The van der Waals surface area contributed by atoms with E-state index in [2.05, 4.69) is 21.9 Å². The molecule has 1 heterocycles. The zero-order valence-electron chi connectivity index (χ0n) is 17.2. The van der Waals surface area contributed by atoms with Gasteiger partial charge in [-0.1, -0.05) is 48.0 Å². The van der Waals surface area contributed by atoms with Crippen LogP contribution in [0.15, 0.2) is 61.3 Å². The summed E-state index contributed by atoms with van der Waals surface area (Å²) in [5.41, 5.74) is 2.30. The molecule has 0 saturated carbocycles. The molecule has 0 aliphatic rings. The number of hydrogen-bond acceptors (Lipinski definition) is 5. The summed E-state index contributed by atoms with van der Waals surface area (Å²) in [6.45, 7) is 3.69. The summed E-state index contributed by atoms with van der Waals surface area (Å²) in [5.74, 6) is -0.467. The van der Waals surface area contributed by atoms with Crippen LogP contribution in [0.25, 0.3) is 0 Å². The number of carbonyl (C=O) groups is 2. The minimum absolute atomic E-state index is 0.0894. The first-order valence-electron chi connectivity index (χ1n) is 9.55. The number of rotatable bonds is 8. The van der Waals surface area contributed by atoms with Gasteiger partial charge in [-0.15, -0.1) is 0 Å². The molecule has 0 fully saturated rings. The highest BCUT2D eigenvalue weighted by molar-refractivity contribution is 6.31. The molecule has 0 saturated heterocycles. The third-order valence-corrected chi connectivity index (χ3v) is 5.13. The summed E-state index contributed by atoms with van der Waals surface area (Å²) in [6, 6.07) is 13.9. The lowest BCUT2D eigenvalue weighted by Gasteiger charge is -2.18. The Balaban J connectivity index is 1.77. The van der Waals surface area contributed by atoms with Gasteiger partial charge in [0.1, 0.15) is 16.8 Å². The number of anilines is 2. The van der Waals surface area contributed by atoms with Crippen molar-refractivity contribution in [2.24, 2.45) is 0 Å². The van der Waals surface area contributed by atoms with E-state index in [-0.39, 0.29) is 17.5 Å². The highest BCUT2D eigenvalue weighted by Crippen LogP contribution is 2.26. The van der Waals surface area contributed by atoms with Gasteiger partial charge in [-0.25, -0.2) is 9.97 Å². The lowest BCUT2D eigenvalue weighted by molar-refractivity contribution is -0.136. The van der Waals surface area contributed by atoms with Crippen molar-refractivity contribution in [3.8, 4) is 0 Å². The predicted octanol–water partition coefficient (Wildman–Crippen LogP) is 4.83. The Bertz CT molecular complexity index is 1170. The zero-order valence-corrected chi connectivity index (χ0v) is 18.7. The molecular formula is C23H20Cl2N4O3. The number of carbonyl (C=O) groups excluding carboxylic acids is 1. The fraction of sp³-hybridized carbons (Fsp3) is 0.130. The maximum atomic E-state index is 12.4. The van der Waals surface area contributed by atoms with E-state index in [1.54, 1.807) is 48.3 Å². The first-order chi connectivity index (χ1) is 15.3. The molecule has 0 radical (unpaired) electrons. The van der Waals surface area contributed by atoms with Crippen LogP contribution in [0, 0.1) is 0 Å². The Hall–Kier alpha value is -3.42. The first-order valence-corrected chi connectivity index (χ1v) is 10.3. The van der Waals surface area contributed by atoms with Gasteiger partial charge in [-0.2, -0.15) is 0 Å². The van der Waals surface area contributed by atoms with Gasteiger partial charge in [0.15, 0.2) is 0 Å². The van der Waals surface area contributed by atoms with Crippen LogP contribution in [0.3, 0.4) is 0 Å². The highest BCUT2D eigenvalue weighted by atomic mass is 35.5. The van der Waals surface area contributed by atoms with E-state index in [0.717, 1.165) is 5.56 Å². The number of carboxylic acid groups (broad SMARTS) is 1. The molecule has 0 bridgehead atoms. The van der Waals surface area contributed by atoms with E-state index >= 15 is 0 Å². The molecule has 1 aromatic heterocycles. The van der Waals surface area contributed by atoms with Crippen LogP contribution >= 0.6 is 23.2 Å². The van der Waals surface area contributed by atoms with Gasteiger partial charge in [-0.3, -0.25) is 9.59 Å². The van der Waals surface area contributed by atoms with Crippen LogP contribution < -0.4 is 10.2 Å². The second kappa shape index (κ2) is 10.3. The first kappa shape index (κ1) is 23.2. The van der Waals surface area contributed by atoms with Crippen LogP contribution in [-0.2, 0) is 17.6 Å². The summed E-state index contributed by atoms with van der Waals surface area (Å²) in [4.78, 5) is 33.9. The predicted molar refractivity (Wildman–Crippen MR) is 126 cm³/mol. The van der Waals surface area contributed by atoms with Crippen molar-refractivity contribution in [3.63, 3.8) is 0 Å². The Morgan fingerprint density at radius 2 is 1.88 bits per heavy atom. The Labute approximate surface area is 195 Å². The molecule has 3 aromatic rings. The van der Waals surface area contributed by atoms with Crippen molar-refractivity contribution in [1.29, 1.82) is 0 Å². The molecule has 3 rings (SSSR count). The fourth-order valence-electron chi connectivity index (χ4n) is 2.97. The number of aromatic nitrogens is 2. The molecule has 9 heteroatoms. The van der Waals surface area contributed by atoms with Gasteiger partial charge < -0.3 is 15.3 Å². The largest absolute Gasteiger partial charge is 0.481 e. The standard InChI is InChI=1S/C23H20Cl2N4O3/c1-3-29(2)22-18(13-20(30)31)21(25)27-19(28-22)11-14-7-9-17(10-8-14)26-23(32)15-5-4-6-16(24)12-15/h3-10,12H,1,11,13H2,2H3,(H,26,32)(H,30,31). The lowest BCUT2D eigenvalue weighted by atomic mass is 10.1. The smallest absolute Gasteiger partial charge is 0.308 e. The Kier molecular flexibility index (Phi) is 7.45. The molecule has 1 amide bonds. The van der Waals surface area contributed by atoms with Crippen molar-refractivity contribution in [2.75, 3.05) is 17.3 Å². The van der Waals surface area contributed by atoms with E-state index in [9.17, 15) is 9.59 Å². The number of nitrogens with one attached hydrogen (secondary N) is 1. The maximum absolute atomic E-state index is 12.4. The van der Waals surface area contributed by atoms with Crippen molar-refractivity contribution < 1.29 is 14.7 Å². The second-order valence-corrected chi connectivity index (χ2v) is 7.73. The van der Waals surface area contributed by atoms with Crippen molar-refractivity contribution in [2.45, 2.75) is 12.8 Å². The third kappa shape index (κ3) is 5.84. The number of carboxylic acids is 1. The number of hydrogen-bond donors (Lipinski definition) is 2. The summed E-state index contributed by atoms with van der Waals surface area (Å²) in [6.07, 6.45) is 1.59. The van der Waals surface area contributed by atoms with Gasteiger partial charge >= 0.3 is 5.97 Å². The number of aliphatic carboxylic acids is 1. The van der Waals surface area contributed by atoms with E-state index in [1.165, 1.54) is 6.20 Å². The molecule has 0 aliphatic carbocycles. The second-order valence-electron chi connectivity index (χ2n) is 6.93. The molecule has 164 valence electrons. The topological polar surface area (TPSA) is 95.4 Å². The van der Waals surface area contributed by atoms with Crippen LogP contribution in [0.4, 0.5) is 11.5 Å². The highest BCUT2D eigenvalue weighted by Gasteiger charge is 2.18. The fourth-order valence-corrected chi connectivity index (χ4v) is 3.41. The molecular weight excluding hydrogens is 451 g/mol. The van der Waals surface area contributed by atoms with Crippen molar-refractivity contribution in [3.05, 3.63) is 94.0 Å². The number of halogens is 2. The Morgan fingerprint density at radius 1 is 1.16 bits per heavy atom. The van der Waals surface area contributed by atoms with Gasteiger partial charge in [0.25, 0.3) is 5.91 Å². The van der Waals surface area contributed by atoms with Gasteiger partial charge in [0, 0.05) is 35.3 Å². The van der Waals surface area contributed by atoms with Crippen LogP contribution in [0.1, 0.15) is 27.3 Å². The zero-order chi connectivity index (χ0) is 23.3. The SMILES string of the molecule is C=CN(C)c1nc(Cc2ccc(NC(=O)c3cccc(Cl)c3)cc2)nc(Cl)c1CC(=O)O. The molecule has 0 spiro atoms. The molecule has 32 heavy (non-hydrogen) atoms. The van der Waals surface area contributed by atoms with E-state index in [4.69, 9.17) is 28.3 Å². The Morgan fingerprint density at radius 3 is 2.50 bits per heavy atom. The van der Waals surface area contributed by atoms with Gasteiger partial charge in [0.05, 0.1) is 6.42 Å². The van der Waals surface area contributed by atoms with Crippen LogP contribution in [0.5, 0.6) is 0 Å². The average molecular weight is 471 g/mol. The molecule has 0 unspecified atom stereocenters. The molecule has 7 nitrogen and oxygen atoms in total. The minimum Gasteiger partial charge on any atom is -0.481 e. The summed E-state index contributed by atoms with van der Waals surface area (Å²) in [5, 5.41) is 12.6. The van der Waals surface area contributed by atoms with Crippen LogP contribution in [0.2, 0.25) is 10.2 Å².